The van der Waals surface area contributed by atoms with Crippen LogP contribution in [0.3, 0.4) is 0 Å². The maximum absolute atomic E-state index is 5.75. The Kier molecular flexibility index (Phi) is 3.79. The number of methoxy groups -OCH3 is 2. The van der Waals surface area contributed by atoms with Crippen LogP contribution < -0.4 is 15.2 Å². The fourth-order valence-corrected chi connectivity index (χ4v) is 1.91. The molecule has 1 aromatic heterocycles. The maximum Gasteiger partial charge on any atom is 0.165 e. The third-order valence-electron chi connectivity index (χ3n) is 2.79. The molecule has 2 aromatic rings. The first-order chi connectivity index (χ1) is 8.80. The summed E-state index contributed by atoms with van der Waals surface area (Å²) in [5.41, 5.74) is 8.78. The van der Waals surface area contributed by atoms with Crippen LogP contribution in [0.25, 0.3) is 11.1 Å². The molecule has 94 valence electrons. The number of nitrogens with zero attached hydrogens (tertiary/aromatic N) is 1. The molecule has 1 heterocycles. The van der Waals surface area contributed by atoms with Gasteiger partial charge < -0.3 is 15.2 Å². The number of hydrogen-bond donors (Lipinski definition) is 1. The lowest BCUT2D eigenvalue weighted by molar-refractivity contribution is 0.352. The molecule has 2 N–H and O–H groups in total. The number of pyridine rings is 1. The van der Waals surface area contributed by atoms with Crippen LogP contribution in [0.2, 0.25) is 0 Å². The van der Waals surface area contributed by atoms with E-state index in [1.54, 1.807) is 26.6 Å². The highest BCUT2D eigenvalue weighted by Gasteiger charge is 2.12. The van der Waals surface area contributed by atoms with Crippen molar-refractivity contribution >= 4 is 0 Å². The summed E-state index contributed by atoms with van der Waals surface area (Å²) in [7, 11) is 3.23. The molecule has 0 aliphatic heterocycles. The molecule has 0 unspecified atom stereocenters. The first-order valence-corrected chi connectivity index (χ1v) is 5.65. The molecule has 4 nitrogen and oxygen atoms in total. The summed E-state index contributed by atoms with van der Waals surface area (Å²) in [6.45, 7) is 0.401. The normalized spacial score (nSPS) is 10.2. The molecule has 0 spiro atoms. The van der Waals surface area contributed by atoms with E-state index in [4.69, 9.17) is 15.2 Å². The van der Waals surface area contributed by atoms with Crippen LogP contribution in [-0.2, 0) is 6.54 Å². The molecule has 0 amide bonds. The van der Waals surface area contributed by atoms with Gasteiger partial charge in [0.2, 0.25) is 0 Å². The van der Waals surface area contributed by atoms with Crippen molar-refractivity contribution in [2.45, 2.75) is 6.54 Å². The summed E-state index contributed by atoms with van der Waals surface area (Å²) in [4.78, 5) is 4.01. The molecule has 0 atom stereocenters. The van der Waals surface area contributed by atoms with E-state index in [1.807, 2.05) is 24.3 Å². The van der Waals surface area contributed by atoms with Crippen molar-refractivity contribution in [3.63, 3.8) is 0 Å². The molecule has 0 aliphatic carbocycles. The van der Waals surface area contributed by atoms with E-state index in [0.29, 0.717) is 18.0 Å². The zero-order chi connectivity index (χ0) is 13.0. The average Bonchev–Trinajstić information content (AvgIpc) is 2.46. The zero-order valence-electron chi connectivity index (χ0n) is 10.5. The highest BCUT2D eigenvalue weighted by atomic mass is 16.5. The Balaban J connectivity index is 2.57. The molecule has 0 bridgehead atoms. The van der Waals surface area contributed by atoms with Crippen molar-refractivity contribution in [2.24, 2.45) is 5.73 Å². The average molecular weight is 244 g/mol. The fourth-order valence-electron chi connectivity index (χ4n) is 1.91. The lowest BCUT2D eigenvalue weighted by atomic mass is 10.0. The first-order valence-electron chi connectivity index (χ1n) is 5.65. The predicted molar refractivity (Wildman–Crippen MR) is 70.7 cm³/mol. The zero-order valence-corrected chi connectivity index (χ0v) is 10.5. The second-order valence-electron chi connectivity index (χ2n) is 3.81. The summed E-state index contributed by atoms with van der Waals surface area (Å²) >= 11 is 0. The Bertz CT molecular complexity index is 502. The summed E-state index contributed by atoms with van der Waals surface area (Å²) in [6.07, 6.45) is 3.52. The second-order valence-corrected chi connectivity index (χ2v) is 3.81. The van der Waals surface area contributed by atoms with Crippen molar-refractivity contribution in [1.82, 2.24) is 4.98 Å². The first kappa shape index (κ1) is 12.4. The van der Waals surface area contributed by atoms with Crippen LogP contribution in [0.4, 0.5) is 0 Å². The van der Waals surface area contributed by atoms with Gasteiger partial charge in [-0.2, -0.15) is 0 Å². The van der Waals surface area contributed by atoms with Crippen LogP contribution in [0.15, 0.2) is 36.7 Å². The van der Waals surface area contributed by atoms with Gasteiger partial charge in [0, 0.05) is 24.5 Å². The Morgan fingerprint density at radius 1 is 1.06 bits per heavy atom. The van der Waals surface area contributed by atoms with Crippen molar-refractivity contribution in [3.8, 4) is 22.6 Å². The number of nitrogens with two attached hydrogens (primary N) is 1. The largest absolute Gasteiger partial charge is 0.493 e. The molecule has 0 radical (unpaired) electrons. The smallest absolute Gasteiger partial charge is 0.165 e. The quantitative estimate of drug-likeness (QED) is 0.896. The number of rotatable bonds is 4. The summed E-state index contributed by atoms with van der Waals surface area (Å²) in [5, 5.41) is 0. The molecule has 0 saturated carbocycles. The van der Waals surface area contributed by atoms with Gasteiger partial charge >= 0.3 is 0 Å². The lowest BCUT2D eigenvalue weighted by Crippen LogP contribution is -2.02. The van der Waals surface area contributed by atoms with Gasteiger partial charge in [-0.1, -0.05) is 0 Å². The predicted octanol–water partition coefficient (Wildman–Crippen LogP) is 2.22. The third-order valence-corrected chi connectivity index (χ3v) is 2.79. The van der Waals surface area contributed by atoms with E-state index in [0.717, 1.165) is 16.7 Å². The highest BCUT2D eigenvalue weighted by molar-refractivity contribution is 5.68. The molecule has 4 heteroatoms. The maximum atomic E-state index is 5.75. The van der Waals surface area contributed by atoms with Crippen LogP contribution in [0, 0.1) is 0 Å². The molecular formula is C14H16N2O2. The van der Waals surface area contributed by atoms with Gasteiger partial charge in [0.25, 0.3) is 0 Å². The number of ether oxygens (including phenoxy) is 2. The second kappa shape index (κ2) is 5.51. The Hall–Kier alpha value is -2.07. The molecule has 0 saturated heterocycles. The van der Waals surface area contributed by atoms with Gasteiger partial charge in [-0.3, -0.25) is 4.98 Å². The van der Waals surface area contributed by atoms with Crippen molar-refractivity contribution in [3.05, 3.63) is 42.2 Å². The summed E-state index contributed by atoms with van der Waals surface area (Å²) in [5.74, 6) is 1.38. The van der Waals surface area contributed by atoms with Crippen LogP contribution in [0.5, 0.6) is 11.5 Å². The van der Waals surface area contributed by atoms with E-state index < -0.39 is 0 Å². The number of aromatic nitrogens is 1. The lowest BCUT2D eigenvalue weighted by Gasteiger charge is -2.14. The Labute approximate surface area is 106 Å². The van der Waals surface area contributed by atoms with Crippen molar-refractivity contribution < 1.29 is 9.47 Å². The Morgan fingerprint density at radius 3 is 2.33 bits per heavy atom. The van der Waals surface area contributed by atoms with Crippen LogP contribution in [-0.4, -0.2) is 19.2 Å². The van der Waals surface area contributed by atoms with E-state index in [-0.39, 0.29) is 0 Å². The van der Waals surface area contributed by atoms with E-state index in [2.05, 4.69) is 4.98 Å². The minimum absolute atomic E-state index is 0.401. The highest BCUT2D eigenvalue weighted by Crippen LogP contribution is 2.35. The third kappa shape index (κ3) is 2.28. The van der Waals surface area contributed by atoms with Crippen molar-refractivity contribution in [1.29, 1.82) is 0 Å². The van der Waals surface area contributed by atoms with Crippen molar-refractivity contribution in [2.75, 3.05) is 14.2 Å². The Morgan fingerprint density at radius 2 is 1.78 bits per heavy atom. The van der Waals surface area contributed by atoms with E-state index >= 15 is 0 Å². The fraction of sp³-hybridized carbons (Fsp3) is 0.214. The van der Waals surface area contributed by atoms with Gasteiger partial charge in [-0.05, 0) is 35.4 Å². The monoisotopic (exact) mass is 244 g/mol. The van der Waals surface area contributed by atoms with Gasteiger partial charge in [-0.15, -0.1) is 0 Å². The van der Waals surface area contributed by atoms with Crippen LogP contribution >= 0.6 is 0 Å². The molecule has 18 heavy (non-hydrogen) atoms. The van der Waals surface area contributed by atoms with Gasteiger partial charge in [-0.25, -0.2) is 0 Å². The van der Waals surface area contributed by atoms with Gasteiger partial charge in [0.1, 0.15) is 0 Å². The number of hydrogen-bond acceptors (Lipinski definition) is 4. The topological polar surface area (TPSA) is 57.4 Å². The SMILES string of the molecule is COc1cc(-c2ccncc2)cc(CN)c1OC. The van der Waals surface area contributed by atoms with Crippen LogP contribution in [0.1, 0.15) is 5.56 Å². The minimum Gasteiger partial charge on any atom is -0.493 e. The van der Waals surface area contributed by atoms with Gasteiger partial charge in [0.15, 0.2) is 11.5 Å². The molecular weight excluding hydrogens is 228 g/mol. The summed E-state index contributed by atoms with van der Waals surface area (Å²) in [6, 6.07) is 7.84. The summed E-state index contributed by atoms with van der Waals surface area (Å²) < 4.78 is 10.7. The molecule has 2 rings (SSSR count). The molecule has 0 aliphatic rings. The number of benzene rings is 1. The van der Waals surface area contributed by atoms with E-state index in [1.165, 1.54) is 0 Å². The minimum atomic E-state index is 0.401. The molecule has 0 fully saturated rings. The molecule has 1 aromatic carbocycles. The standard InChI is InChI=1S/C14H16N2O2/c1-17-13-8-11(10-3-5-16-6-4-10)7-12(9-15)14(13)18-2/h3-8H,9,15H2,1-2H3. The van der Waals surface area contributed by atoms with Gasteiger partial charge in [0.05, 0.1) is 14.2 Å². The van der Waals surface area contributed by atoms with E-state index in [9.17, 15) is 0 Å².